The molecule has 0 radical (unpaired) electrons. The largest absolute Gasteiger partial charge is 0.416 e. The number of benzene rings is 2. The van der Waals surface area contributed by atoms with Gasteiger partial charge in [0.05, 0.1) is 15.8 Å². The molecule has 9 heteroatoms. The van der Waals surface area contributed by atoms with Gasteiger partial charge in [0.1, 0.15) is 0 Å². The Kier molecular flexibility index (Phi) is 5.07. The van der Waals surface area contributed by atoms with Gasteiger partial charge in [0.2, 0.25) is 10.0 Å². The Balaban J connectivity index is 1.99. The van der Waals surface area contributed by atoms with Crippen LogP contribution >= 0.6 is 23.4 Å². The van der Waals surface area contributed by atoms with Gasteiger partial charge in [-0.1, -0.05) is 29.8 Å². The molecule has 3 rings (SSSR count). The molecule has 0 N–H and O–H groups in total. The molecule has 0 spiro atoms. The fraction of sp³-hybridized carbons (Fsp3) is 0.250. The Morgan fingerprint density at radius 1 is 1.12 bits per heavy atom. The molecule has 0 aliphatic carbocycles. The second-order valence-corrected chi connectivity index (χ2v) is 8.93. The number of thioether (sulfide) groups is 1. The minimum atomic E-state index is -4.60. The summed E-state index contributed by atoms with van der Waals surface area (Å²) in [5.74, 6) is 0.551. The maximum atomic E-state index is 12.9. The van der Waals surface area contributed by atoms with Crippen molar-refractivity contribution in [3.63, 3.8) is 0 Å². The van der Waals surface area contributed by atoms with E-state index in [-0.39, 0.29) is 11.4 Å². The summed E-state index contributed by atoms with van der Waals surface area (Å²) >= 11 is 7.38. The van der Waals surface area contributed by atoms with E-state index in [0.29, 0.717) is 22.4 Å². The molecule has 0 amide bonds. The lowest BCUT2D eigenvalue weighted by Gasteiger charge is -2.24. The highest BCUT2D eigenvalue weighted by Crippen LogP contribution is 2.42. The Morgan fingerprint density at radius 3 is 2.52 bits per heavy atom. The molecule has 3 nitrogen and oxygen atoms in total. The molecule has 1 aliphatic rings. The van der Waals surface area contributed by atoms with E-state index >= 15 is 0 Å². The number of hydrogen-bond donors (Lipinski definition) is 0. The summed E-state index contributed by atoms with van der Waals surface area (Å²) in [6, 6.07) is 10.6. The van der Waals surface area contributed by atoms with Gasteiger partial charge in [-0.15, -0.1) is 11.8 Å². The van der Waals surface area contributed by atoms with Crippen LogP contribution in [-0.2, 0) is 16.2 Å². The summed E-state index contributed by atoms with van der Waals surface area (Å²) in [4.78, 5) is -0.364. The fourth-order valence-corrected chi connectivity index (χ4v) is 6.07. The SMILES string of the molecule is O=S(=O)(c1cccc(C(F)(F)F)c1)N1CCS[C@@H]1c1cccc(Cl)c1. The molecule has 0 aromatic heterocycles. The van der Waals surface area contributed by atoms with E-state index in [4.69, 9.17) is 11.6 Å². The minimum absolute atomic E-state index is 0.223. The zero-order valence-corrected chi connectivity index (χ0v) is 15.1. The number of nitrogens with zero attached hydrogens (tertiary/aromatic N) is 1. The van der Waals surface area contributed by atoms with Crippen molar-refractivity contribution in [1.82, 2.24) is 4.31 Å². The smallest absolute Gasteiger partial charge is 0.207 e. The fourth-order valence-electron chi connectivity index (χ4n) is 2.59. The topological polar surface area (TPSA) is 37.4 Å². The molecule has 134 valence electrons. The van der Waals surface area contributed by atoms with Crippen molar-refractivity contribution >= 4 is 33.4 Å². The normalized spacial score (nSPS) is 19.3. The first-order valence-corrected chi connectivity index (χ1v) is 10.1. The van der Waals surface area contributed by atoms with Crippen LogP contribution in [0, 0.1) is 0 Å². The Bertz CT molecular complexity index is 887. The molecule has 1 saturated heterocycles. The molecule has 1 atom stereocenters. The quantitative estimate of drug-likeness (QED) is 0.733. The Hall–Kier alpha value is -1.22. The van der Waals surface area contributed by atoms with Crippen LogP contribution in [0.2, 0.25) is 5.02 Å². The van der Waals surface area contributed by atoms with Crippen LogP contribution in [0.3, 0.4) is 0 Å². The van der Waals surface area contributed by atoms with Gasteiger partial charge in [-0.2, -0.15) is 17.5 Å². The number of sulfonamides is 1. The monoisotopic (exact) mass is 407 g/mol. The molecule has 1 aliphatic heterocycles. The third-order valence-electron chi connectivity index (χ3n) is 3.75. The molecule has 1 heterocycles. The third kappa shape index (κ3) is 3.81. The molecule has 0 bridgehead atoms. The van der Waals surface area contributed by atoms with Gasteiger partial charge in [-0.05, 0) is 35.9 Å². The van der Waals surface area contributed by atoms with Gasteiger partial charge in [-0.3, -0.25) is 0 Å². The van der Waals surface area contributed by atoms with Crippen molar-refractivity contribution in [2.75, 3.05) is 12.3 Å². The van der Waals surface area contributed by atoms with E-state index in [1.807, 2.05) is 0 Å². The maximum absolute atomic E-state index is 12.9. The number of halogens is 4. The van der Waals surface area contributed by atoms with Crippen LogP contribution in [0.5, 0.6) is 0 Å². The molecule has 2 aromatic carbocycles. The average molecular weight is 408 g/mol. The highest BCUT2D eigenvalue weighted by molar-refractivity contribution is 8.01. The van der Waals surface area contributed by atoms with Crippen LogP contribution in [-0.4, -0.2) is 25.0 Å². The Labute approximate surface area is 152 Å². The molecular formula is C16H13ClF3NO2S2. The van der Waals surface area contributed by atoms with Gasteiger partial charge >= 0.3 is 6.18 Å². The molecule has 25 heavy (non-hydrogen) atoms. The van der Waals surface area contributed by atoms with Crippen LogP contribution in [0.4, 0.5) is 13.2 Å². The molecule has 2 aromatic rings. The zero-order chi connectivity index (χ0) is 18.2. The zero-order valence-electron chi connectivity index (χ0n) is 12.7. The number of rotatable bonds is 3. The summed E-state index contributed by atoms with van der Waals surface area (Å²) in [5, 5.41) is -0.0420. The summed E-state index contributed by atoms with van der Waals surface area (Å²) in [6.07, 6.45) is -4.60. The first kappa shape index (κ1) is 18.6. The van der Waals surface area contributed by atoms with Gasteiger partial charge in [-0.25, -0.2) is 8.42 Å². The van der Waals surface area contributed by atoms with Gasteiger partial charge in [0, 0.05) is 17.3 Å². The summed E-state index contributed by atoms with van der Waals surface area (Å²) in [5.41, 5.74) is -0.287. The molecule has 1 fully saturated rings. The standard InChI is InChI=1S/C16H13ClF3NO2S2/c17-13-5-1-3-11(9-13)15-21(7-8-24-15)25(22,23)14-6-2-4-12(10-14)16(18,19)20/h1-6,9-10,15H,7-8H2/t15-/m1/s1. The number of alkyl halides is 3. The predicted octanol–water partition coefficient (Wildman–Crippen LogP) is 4.80. The van der Waals surface area contributed by atoms with Crippen molar-refractivity contribution in [1.29, 1.82) is 0 Å². The molecular weight excluding hydrogens is 395 g/mol. The lowest BCUT2D eigenvalue weighted by Crippen LogP contribution is -2.30. The second kappa shape index (κ2) is 6.83. The van der Waals surface area contributed by atoms with Crippen molar-refractivity contribution < 1.29 is 21.6 Å². The average Bonchev–Trinajstić information content (AvgIpc) is 3.05. The first-order valence-electron chi connectivity index (χ1n) is 7.26. The van der Waals surface area contributed by atoms with Gasteiger partial charge in [0.15, 0.2) is 0 Å². The highest BCUT2D eigenvalue weighted by Gasteiger charge is 2.38. The summed E-state index contributed by atoms with van der Waals surface area (Å²) in [7, 11) is -4.06. The van der Waals surface area contributed by atoms with E-state index in [2.05, 4.69) is 0 Å². The second-order valence-electron chi connectivity index (χ2n) is 5.42. The molecule has 0 unspecified atom stereocenters. The third-order valence-corrected chi connectivity index (χ3v) is 7.24. The van der Waals surface area contributed by atoms with E-state index in [9.17, 15) is 21.6 Å². The van der Waals surface area contributed by atoms with E-state index in [1.165, 1.54) is 22.1 Å². The van der Waals surface area contributed by atoms with E-state index in [1.54, 1.807) is 24.3 Å². The van der Waals surface area contributed by atoms with Crippen LogP contribution in [0.1, 0.15) is 16.5 Å². The van der Waals surface area contributed by atoms with Crippen molar-refractivity contribution in [3.8, 4) is 0 Å². The lowest BCUT2D eigenvalue weighted by atomic mass is 10.2. The summed E-state index contributed by atoms with van der Waals surface area (Å²) in [6.45, 7) is 0.223. The van der Waals surface area contributed by atoms with E-state index < -0.39 is 27.1 Å². The van der Waals surface area contributed by atoms with Gasteiger partial charge < -0.3 is 0 Å². The van der Waals surface area contributed by atoms with Crippen LogP contribution in [0.15, 0.2) is 53.4 Å². The van der Waals surface area contributed by atoms with Gasteiger partial charge in [0.25, 0.3) is 0 Å². The first-order chi connectivity index (χ1) is 11.7. The Morgan fingerprint density at radius 2 is 1.84 bits per heavy atom. The summed E-state index contributed by atoms with van der Waals surface area (Å²) < 4.78 is 65.7. The van der Waals surface area contributed by atoms with Crippen molar-refractivity contribution in [2.45, 2.75) is 16.4 Å². The van der Waals surface area contributed by atoms with Crippen molar-refractivity contribution in [3.05, 3.63) is 64.7 Å². The van der Waals surface area contributed by atoms with Crippen LogP contribution in [0.25, 0.3) is 0 Å². The maximum Gasteiger partial charge on any atom is 0.416 e. The molecule has 0 saturated carbocycles. The van der Waals surface area contributed by atoms with Crippen molar-refractivity contribution in [2.24, 2.45) is 0 Å². The highest BCUT2D eigenvalue weighted by atomic mass is 35.5. The van der Waals surface area contributed by atoms with Crippen LogP contribution < -0.4 is 0 Å². The van der Waals surface area contributed by atoms with E-state index in [0.717, 1.165) is 12.1 Å². The minimum Gasteiger partial charge on any atom is -0.207 e. The predicted molar refractivity (Wildman–Crippen MR) is 92.0 cm³/mol. The lowest BCUT2D eigenvalue weighted by molar-refractivity contribution is -0.137. The number of hydrogen-bond acceptors (Lipinski definition) is 3.